The van der Waals surface area contributed by atoms with Gasteiger partial charge in [0.15, 0.2) is 0 Å². The Bertz CT molecular complexity index is 555. The number of amides is 1. The van der Waals surface area contributed by atoms with E-state index >= 15 is 0 Å². The molecule has 4 nitrogen and oxygen atoms in total. The Morgan fingerprint density at radius 3 is 2.70 bits per heavy atom. The smallest absolute Gasteiger partial charge is 0.263 e. The van der Waals surface area contributed by atoms with E-state index < -0.39 is 0 Å². The quantitative estimate of drug-likeness (QED) is 0.639. The van der Waals surface area contributed by atoms with Crippen molar-refractivity contribution in [1.29, 1.82) is 5.26 Å². The number of hydrogen-bond acceptors (Lipinski definition) is 3. The van der Waals surface area contributed by atoms with Crippen molar-refractivity contribution in [1.82, 2.24) is 5.32 Å². The van der Waals surface area contributed by atoms with E-state index in [4.69, 9.17) is 5.26 Å². The third-order valence-electron chi connectivity index (χ3n) is 3.11. The van der Waals surface area contributed by atoms with Crippen molar-refractivity contribution in [2.45, 2.75) is 40.2 Å². The highest BCUT2D eigenvalue weighted by molar-refractivity contribution is 5.97. The summed E-state index contributed by atoms with van der Waals surface area (Å²) in [5.41, 5.74) is 3.21. The SMILES string of the molecule is CCC(C)NC(=O)/C(C#N)=C\Nc1ccc(C)cc1C. The molecule has 1 amide bonds. The lowest BCUT2D eigenvalue weighted by Gasteiger charge is -2.11. The number of aryl methyl sites for hydroxylation is 2. The molecule has 0 aromatic heterocycles. The van der Waals surface area contributed by atoms with Crippen LogP contribution in [0.5, 0.6) is 0 Å². The summed E-state index contributed by atoms with van der Waals surface area (Å²) in [6, 6.07) is 7.93. The number of nitrogens with zero attached hydrogens (tertiary/aromatic N) is 1. The van der Waals surface area contributed by atoms with E-state index in [-0.39, 0.29) is 17.5 Å². The molecule has 20 heavy (non-hydrogen) atoms. The molecular weight excluding hydrogens is 250 g/mol. The summed E-state index contributed by atoms with van der Waals surface area (Å²) >= 11 is 0. The highest BCUT2D eigenvalue weighted by atomic mass is 16.1. The second-order valence-corrected chi connectivity index (χ2v) is 4.92. The first-order valence-electron chi connectivity index (χ1n) is 6.72. The summed E-state index contributed by atoms with van der Waals surface area (Å²) in [7, 11) is 0. The molecular formula is C16H21N3O. The lowest BCUT2D eigenvalue weighted by Crippen LogP contribution is -2.33. The zero-order valence-corrected chi connectivity index (χ0v) is 12.4. The van der Waals surface area contributed by atoms with Crippen LogP contribution in [0.25, 0.3) is 0 Å². The predicted octanol–water partition coefficient (Wildman–Crippen LogP) is 3.04. The molecule has 1 aromatic carbocycles. The maximum atomic E-state index is 11.9. The van der Waals surface area contributed by atoms with Gasteiger partial charge in [-0.15, -0.1) is 0 Å². The van der Waals surface area contributed by atoms with Gasteiger partial charge in [-0.25, -0.2) is 0 Å². The fourth-order valence-electron chi connectivity index (χ4n) is 1.68. The van der Waals surface area contributed by atoms with E-state index in [9.17, 15) is 4.79 Å². The van der Waals surface area contributed by atoms with Gasteiger partial charge < -0.3 is 10.6 Å². The van der Waals surface area contributed by atoms with Crippen LogP contribution in [0.1, 0.15) is 31.4 Å². The molecule has 0 aliphatic rings. The molecule has 0 radical (unpaired) electrons. The monoisotopic (exact) mass is 271 g/mol. The Hall–Kier alpha value is -2.28. The normalized spacial score (nSPS) is 12.4. The second-order valence-electron chi connectivity index (χ2n) is 4.92. The zero-order valence-electron chi connectivity index (χ0n) is 12.4. The van der Waals surface area contributed by atoms with E-state index in [1.54, 1.807) is 0 Å². The first-order valence-corrected chi connectivity index (χ1v) is 6.72. The van der Waals surface area contributed by atoms with Crippen molar-refractivity contribution >= 4 is 11.6 Å². The van der Waals surface area contributed by atoms with Crippen LogP contribution >= 0.6 is 0 Å². The van der Waals surface area contributed by atoms with Crippen molar-refractivity contribution in [3.8, 4) is 6.07 Å². The highest BCUT2D eigenvalue weighted by Gasteiger charge is 2.11. The number of carbonyl (C=O) groups is 1. The summed E-state index contributed by atoms with van der Waals surface area (Å²) in [5.74, 6) is -0.348. The van der Waals surface area contributed by atoms with E-state index in [0.29, 0.717) is 0 Å². The van der Waals surface area contributed by atoms with Crippen LogP contribution in [-0.4, -0.2) is 11.9 Å². The Labute approximate surface area is 120 Å². The number of rotatable bonds is 5. The molecule has 0 spiro atoms. The molecule has 4 heteroatoms. The van der Waals surface area contributed by atoms with E-state index in [1.807, 2.05) is 52.0 Å². The number of carbonyl (C=O) groups excluding carboxylic acids is 1. The van der Waals surface area contributed by atoms with Crippen LogP contribution in [0.15, 0.2) is 30.0 Å². The van der Waals surface area contributed by atoms with Gasteiger partial charge in [-0.05, 0) is 38.8 Å². The van der Waals surface area contributed by atoms with Gasteiger partial charge in [-0.3, -0.25) is 4.79 Å². The van der Waals surface area contributed by atoms with Crippen molar-refractivity contribution in [3.05, 3.63) is 41.1 Å². The molecule has 0 saturated heterocycles. The molecule has 0 aliphatic heterocycles. The molecule has 0 fully saturated rings. The molecule has 2 N–H and O–H groups in total. The minimum atomic E-state index is -0.348. The van der Waals surface area contributed by atoms with E-state index in [2.05, 4.69) is 10.6 Å². The molecule has 1 aromatic rings. The minimum Gasteiger partial charge on any atom is -0.360 e. The van der Waals surface area contributed by atoms with Gasteiger partial charge in [0.1, 0.15) is 11.6 Å². The third-order valence-corrected chi connectivity index (χ3v) is 3.11. The third kappa shape index (κ3) is 4.43. The minimum absolute atomic E-state index is 0.0559. The van der Waals surface area contributed by atoms with Crippen LogP contribution in [0.2, 0.25) is 0 Å². The fraction of sp³-hybridized carbons (Fsp3) is 0.375. The molecule has 0 bridgehead atoms. The summed E-state index contributed by atoms with van der Waals surface area (Å²) in [6.45, 7) is 7.89. The van der Waals surface area contributed by atoms with Gasteiger partial charge in [0.05, 0.1) is 0 Å². The van der Waals surface area contributed by atoms with Gasteiger partial charge in [0, 0.05) is 17.9 Å². The van der Waals surface area contributed by atoms with Gasteiger partial charge in [0.25, 0.3) is 5.91 Å². The van der Waals surface area contributed by atoms with Crippen LogP contribution < -0.4 is 10.6 Å². The van der Waals surface area contributed by atoms with Crippen LogP contribution in [0.3, 0.4) is 0 Å². The molecule has 0 saturated carbocycles. The summed E-state index contributed by atoms with van der Waals surface area (Å²) in [5, 5.41) is 14.8. The first-order chi connectivity index (χ1) is 9.47. The largest absolute Gasteiger partial charge is 0.360 e. The van der Waals surface area contributed by atoms with Gasteiger partial charge in [-0.2, -0.15) is 5.26 Å². The average Bonchev–Trinajstić information content (AvgIpc) is 2.41. The highest BCUT2D eigenvalue weighted by Crippen LogP contribution is 2.16. The summed E-state index contributed by atoms with van der Waals surface area (Å²) < 4.78 is 0. The van der Waals surface area contributed by atoms with Crippen molar-refractivity contribution in [3.63, 3.8) is 0 Å². The number of anilines is 1. The number of hydrogen-bond donors (Lipinski definition) is 2. The van der Waals surface area contributed by atoms with Crippen LogP contribution in [0, 0.1) is 25.2 Å². The Morgan fingerprint density at radius 1 is 1.45 bits per heavy atom. The van der Waals surface area contributed by atoms with Crippen molar-refractivity contribution < 1.29 is 4.79 Å². The average molecular weight is 271 g/mol. The Morgan fingerprint density at radius 2 is 2.15 bits per heavy atom. The maximum Gasteiger partial charge on any atom is 0.263 e. The topological polar surface area (TPSA) is 64.9 Å². The predicted molar refractivity (Wildman–Crippen MR) is 81.1 cm³/mol. The standard InChI is InChI=1S/C16H21N3O/c1-5-13(4)19-16(20)14(9-17)10-18-15-7-6-11(2)8-12(15)3/h6-8,10,13,18H,5H2,1-4H3,(H,19,20)/b14-10-. The fourth-order valence-corrected chi connectivity index (χ4v) is 1.68. The van der Waals surface area contributed by atoms with Gasteiger partial charge in [-0.1, -0.05) is 24.6 Å². The molecule has 1 unspecified atom stereocenters. The van der Waals surface area contributed by atoms with Gasteiger partial charge >= 0.3 is 0 Å². The lowest BCUT2D eigenvalue weighted by molar-refractivity contribution is -0.117. The van der Waals surface area contributed by atoms with Crippen LogP contribution in [-0.2, 0) is 4.79 Å². The lowest BCUT2D eigenvalue weighted by atomic mass is 10.1. The molecule has 106 valence electrons. The van der Waals surface area contributed by atoms with E-state index in [1.165, 1.54) is 11.8 Å². The first kappa shape index (κ1) is 15.8. The molecule has 1 rings (SSSR count). The van der Waals surface area contributed by atoms with Crippen LogP contribution in [0.4, 0.5) is 5.69 Å². The number of nitrogens with one attached hydrogen (secondary N) is 2. The van der Waals surface area contributed by atoms with E-state index in [0.717, 1.165) is 17.7 Å². The second kappa shape index (κ2) is 7.34. The maximum absolute atomic E-state index is 11.9. The molecule has 1 atom stereocenters. The molecule has 0 heterocycles. The van der Waals surface area contributed by atoms with Gasteiger partial charge in [0.2, 0.25) is 0 Å². The number of nitriles is 1. The summed E-state index contributed by atoms with van der Waals surface area (Å²) in [6.07, 6.45) is 2.28. The summed E-state index contributed by atoms with van der Waals surface area (Å²) in [4.78, 5) is 11.9. The Balaban J connectivity index is 2.80. The molecule has 0 aliphatic carbocycles. The zero-order chi connectivity index (χ0) is 15.1. The van der Waals surface area contributed by atoms with Crippen molar-refractivity contribution in [2.75, 3.05) is 5.32 Å². The Kier molecular flexibility index (Phi) is 5.79. The van der Waals surface area contributed by atoms with Crippen molar-refractivity contribution in [2.24, 2.45) is 0 Å². The number of benzene rings is 1.